The first-order valence-electron chi connectivity index (χ1n) is 16.9. The van der Waals surface area contributed by atoms with Gasteiger partial charge in [-0.25, -0.2) is 4.39 Å². The molecule has 4 aliphatic rings. The Morgan fingerprint density at radius 3 is 2.31 bits per heavy atom. The molecule has 2 aliphatic heterocycles. The van der Waals surface area contributed by atoms with Gasteiger partial charge in [0.05, 0.1) is 47.5 Å². The predicted molar refractivity (Wildman–Crippen MR) is 191 cm³/mol. The molecule has 52 heavy (non-hydrogen) atoms. The molecule has 2 saturated heterocycles. The van der Waals surface area contributed by atoms with Crippen molar-refractivity contribution >= 4 is 52.5 Å². The van der Waals surface area contributed by atoms with Gasteiger partial charge in [0.2, 0.25) is 11.8 Å². The van der Waals surface area contributed by atoms with Gasteiger partial charge in [-0.15, -0.1) is 0 Å². The summed E-state index contributed by atoms with van der Waals surface area (Å²) in [6.45, 7) is 0.118. The summed E-state index contributed by atoms with van der Waals surface area (Å²) in [5.41, 5.74) is 4.12. The summed E-state index contributed by atoms with van der Waals surface area (Å²) in [5.74, 6) is -6.44. The van der Waals surface area contributed by atoms with E-state index in [1.165, 1.54) is 36.3 Å². The van der Waals surface area contributed by atoms with Crippen LogP contribution in [0, 0.1) is 29.5 Å². The van der Waals surface area contributed by atoms with Crippen LogP contribution in [0.25, 0.3) is 0 Å². The molecule has 12 heteroatoms. The van der Waals surface area contributed by atoms with Crippen LogP contribution in [0.5, 0.6) is 11.5 Å². The van der Waals surface area contributed by atoms with Crippen molar-refractivity contribution in [1.29, 1.82) is 0 Å². The maximum absolute atomic E-state index is 15.3. The Balaban J connectivity index is 1.32. The fourth-order valence-electron chi connectivity index (χ4n) is 8.93. The number of hydrogen-bond acceptors (Lipinski definition) is 7. The highest BCUT2D eigenvalue weighted by molar-refractivity contribution is 6.32. The number of phenols is 1. The van der Waals surface area contributed by atoms with Crippen molar-refractivity contribution in [2.75, 3.05) is 12.5 Å². The van der Waals surface area contributed by atoms with Gasteiger partial charge in [-0.3, -0.25) is 29.5 Å². The number of aromatic hydroxyl groups is 1. The fraction of sp³-hybridized carbons (Fsp3) is 0.250. The van der Waals surface area contributed by atoms with Gasteiger partial charge in [0.15, 0.2) is 11.5 Å². The summed E-state index contributed by atoms with van der Waals surface area (Å²) in [7, 11) is 1.38. The first-order chi connectivity index (χ1) is 25.0. The molecular weight excluding hydrogens is 708 g/mol. The first-order valence-corrected chi connectivity index (χ1v) is 17.6. The number of phenolic OH excluding ortho intramolecular Hbond substituents is 1. The lowest BCUT2D eigenvalue weighted by atomic mass is 9.49. The minimum absolute atomic E-state index is 0.0345. The number of imide groups is 2. The van der Waals surface area contributed by atoms with Crippen LogP contribution in [0.15, 0.2) is 103 Å². The molecule has 264 valence electrons. The molecule has 3 fully saturated rings. The number of rotatable bonds is 7. The third-order valence-electron chi connectivity index (χ3n) is 11.1. The van der Waals surface area contributed by atoms with Gasteiger partial charge in [0.25, 0.3) is 11.8 Å². The minimum Gasteiger partial charge on any atom is -0.503 e. The molecule has 2 aliphatic carbocycles. The van der Waals surface area contributed by atoms with E-state index < -0.39 is 52.6 Å². The SMILES string of the molecule is COc1cc([C@H]2C3=CC[C@@H]4C(=O)N(Cc5ccccc5)C(=O)[C@@H]4[C@@H]3C[C@H]3C(=O)N(Nc4ccc(F)cc4)C(=O)[C@@]23c2ccc(Cl)cc2)cc(Cl)c1O. The molecule has 6 atom stereocenters. The van der Waals surface area contributed by atoms with Gasteiger partial charge >= 0.3 is 0 Å². The zero-order valence-corrected chi connectivity index (χ0v) is 29.3. The lowest BCUT2D eigenvalue weighted by molar-refractivity contribution is -0.142. The minimum atomic E-state index is -1.61. The number of amides is 4. The first kappa shape index (κ1) is 33.9. The topological polar surface area (TPSA) is 116 Å². The molecule has 2 N–H and O–H groups in total. The van der Waals surface area contributed by atoms with Crippen molar-refractivity contribution in [2.45, 2.75) is 30.7 Å². The predicted octanol–water partition coefficient (Wildman–Crippen LogP) is 7.03. The largest absolute Gasteiger partial charge is 0.503 e. The number of allylic oxidation sites excluding steroid dienone is 2. The van der Waals surface area contributed by atoms with Gasteiger partial charge in [-0.2, -0.15) is 5.01 Å². The quantitative estimate of drug-likeness (QED) is 0.154. The van der Waals surface area contributed by atoms with E-state index in [0.29, 0.717) is 27.4 Å². The van der Waals surface area contributed by atoms with E-state index in [-0.39, 0.29) is 47.7 Å². The van der Waals surface area contributed by atoms with Crippen molar-refractivity contribution in [3.8, 4) is 11.5 Å². The number of nitrogens with zero attached hydrogens (tertiary/aromatic N) is 2. The molecule has 1 saturated carbocycles. The van der Waals surface area contributed by atoms with E-state index in [4.69, 9.17) is 27.9 Å². The number of carbonyl (C=O) groups excluding carboxylic acids is 4. The number of likely N-dealkylation sites (tertiary alicyclic amines) is 1. The summed E-state index contributed by atoms with van der Waals surface area (Å²) in [4.78, 5) is 59.7. The highest BCUT2D eigenvalue weighted by Gasteiger charge is 2.70. The second-order valence-corrected chi connectivity index (χ2v) is 14.5. The van der Waals surface area contributed by atoms with Crippen LogP contribution >= 0.6 is 23.2 Å². The van der Waals surface area contributed by atoms with E-state index in [1.807, 2.05) is 36.4 Å². The van der Waals surface area contributed by atoms with Crippen molar-refractivity contribution in [1.82, 2.24) is 9.91 Å². The second kappa shape index (κ2) is 12.8. The monoisotopic (exact) mass is 739 g/mol. The molecule has 0 bridgehead atoms. The Labute approximate surface area is 308 Å². The Kier molecular flexibility index (Phi) is 8.34. The summed E-state index contributed by atoms with van der Waals surface area (Å²) >= 11 is 13.0. The van der Waals surface area contributed by atoms with Crippen LogP contribution in [0.2, 0.25) is 10.0 Å². The third kappa shape index (κ3) is 5.10. The molecule has 4 amide bonds. The number of fused-ring (bicyclic) bond motifs is 4. The summed E-state index contributed by atoms with van der Waals surface area (Å²) in [6.07, 6.45) is 2.26. The number of nitrogens with one attached hydrogen (secondary N) is 1. The fourth-order valence-corrected chi connectivity index (χ4v) is 9.28. The van der Waals surface area contributed by atoms with Crippen LogP contribution in [0.3, 0.4) is 0 Å². The summed E-state index contributed by atoms with van der Waals surface area (Å²) in [6, 6.07) is 24.4. The van der Waals surface area contributed by atoms with E-state index in [2.05, 4.69) is 5.43 Å². The number of benzene rings is 4. The number of anilines is 1. The molecule has 0 aromatic heterocycles. The van der Waals surface area contributed by atoms with Crippen molar-refractivity contribution in [3.05, 3.63) is 135 Å². The average Bonchev–Trinajstić information content (AvgIpc) is 3.51. The number of carbonyl (C=O) groups is 4. The van der Waals surface area contributed by atoms with Crippen molar-refractivity contribution in [2.24, 2.45) is 23.7 Å². The lowest BCUT2D eigenvalue weighted by Gasteiger charge is -2.50. The normalized spacial score (nSPS) is 26.5. The standard InChI is InChI=1S/C40H32Cl2FN3O6/c1-52-32-18-22(17-31(42)35(32)47)34-27-15-16-28-33(38(50)45(36(28)48)20-21-5-3-2-4-6-21)29(27)19-30-37(49)46(44-26-13-11-25(43)12-14-26)39(51)40(30,34)23-7-9-24(41)10-8-23/h2-15,17-18,28-30,33-34,44,47H,16,19-20H2,1H3/t28-,29+,30-,33-,34-,40+/m0/s1. The van der Waals surface area contributed by atoms with Gasteiger partial charge in [-0.1, -0.05) is 77.3 Å². The Hall–Kier alpha value is -5.19. The van der Waals surface area contributed by atoms with Gasteiger partial charge in [0.1, 0.15) is 5.82 Å². The van der Waals surface area contributed by atoms with Crippen LogP contribution < -0.4 is 10.2 Å². The van der Waals surface area contributed by atoms with E-state index >= 15 is 4.79 Å². The van der Waals surface area contributed by atoms with Crippen LogP contribution in [0.1, 0.15) is 35.4 Å². The van der Waals surface area contributed by atoms with Crippen LogP contribution in [-0.4, -0.2) is 45.8 Å². The van der Waals surface area contributed by atoms with Gasteiger partial charge in [0, 0.05) is 10.9 Å². The van der Waals surface area contributed by atoms with Crippen LogP contribution in [0.4, 0.5) is 10.1 Å². The van der Waals surface area contributed by atoms with E-state index in [1.54, 1.807) is 36.4 Å². The molecule has 0 radical (unpaired) electrons. The third-order valence-corrected chi connectivity index (χ3v) is 11.7. The molecule has 4 aromatic rings. The number of hydrogen-bond donors (Lipinski definition) is 2. The molecule has 0 spiro atoms. The maximum atomic E-state index is 15.3. The molecule has 0 unspecified atom stereocenters. The second-order valence-electron chi connectivity index (χ2n) is 13.7. The number of ether oxygens (including phenoxy) is 1. The molecule has 9 nitrogen and oxygen atoms in total. The van der Waals surface area contributed by atoms with Crippen molar-refractivity contribution < 1.29 is 33.4 Å². The van der Waals surface area contributed by atoms with Gasteiger partial charge in [-0.05, 0) is 84.0 Å². The average molecular weight is 741 g/mol. The molecular formula is C40H32Cl2FN3O6. The number of methoxy groups -OCH3 is 1. The van der Waals surface area contributed by atoms with Crippen molar-refractivity contribution in [3.63, 3.8) is 0 Å². The smallest absolute Gasteiger partial charge is 0.260 e. The zero-order chi connectivity index (χ0) is 36.5. The lowest BCUT2D eigenvalue weighted by Crippen LogP contribution is -2.53. The molecule has 8 rings (SSSR count). The maximum Gasteiger partial charge on any atom is 0.260 e. The van der Waals surface area contributed by atoms with E-state index in [0.717, 1.165) is 10.6 Å². The summed E-state index contributed by atoms with van der Waals surface area (Å²) in [5, 5.41) is 12.1. The highest BCUT2D eigenvalue weighted by atomic mass is 35.5. The Morgan fingerprint density at radius 2 is 1.62 bits per heavy atom. The Morgan fingerprint density at radius 1 is 0.904 bits per heavy atom. The Bertz CT molecular complexity index is 2160. The zero-order valence-electron chi connectivity index (χ0n) is 27.8. The van der Waals surface area contributed by atoms with E-state index in [9.17, 15) is 23.9 Å². The highest BCUT2D eigenvalue weighted by Crippen LogP contribution is 2.64. The number of hydrazine groups is 1. The molecule has 4 aromatic carbocycles. The number of halogens is 3. The molecule has 2 heterocycles. The summed E-state index contributed by atoms with van der Waals surface area (Å²) < 4.78 is 19.4. The van der Waals surface area contributed by atoms with Gasteiger partial charge < -0.3 is 9.84 Å². The van der Waals surface area contributed by atoms with Crippen LogP contribution in [-0.2, 0) is 31.1 Å².